The van der Waals surface area contributed by atoms with Gasteiger partial charge in [-0.05, 0) is 54.6 Å². The van der Waals surface area contributed by atoms with E-state index in [1.165, 1.54) is 49.3 Å². The van der Waals surface area contributed by atoms with E-state index in [0.717, 1.165) is 10.2 Å². The van der Waals surface area contributed by atoms with Gasteiger partial charge in [-0.2, -0.15) is 0 Å². The second-order valence-electron chi connectivity index (χ2n) is 8.37. The van der Waals surface area contributed by atoms with Crippen LogP contribution in [0.1, 0.15) is 0 Å². The van der Waals surface area contributed by atoms with Crippen LogP contribution >= 0.6 is 15.9 Å². The molecular formula is C30H19BrN2. The summed E-state index contributed by atoms with van der Waals surface area (Å²) in [6, 6.07) is 41.3. The summed E-state index contributed by atoms with van der Waals surface area (Å²) in [6.07, 6.45) is 0. The minimum atomic E-state index is 1.08. The van der Waals surface area contributed by atoms with Crippen LogP contribution in [0.2, 0.25) is 0 Å². The molecule has 7 rings (SSSR count). The molecule has 5 aromatic carbocycles. The Labute approximate surface area is 199 Å². The van der Waals surface area contributed by atoms with Crippen LogP contribution in [0.5, 0.6) is 0 Å². The molecule has 2 nitrogen and oxygen atoms in total. The van der Waals surface area contributed by atoms with Crippen molar-refractivity contribution >= 4 is 59.5 Å². The molecule has 3 heteroatoms. The maximum absolute atomic E-state index is 3.60. The van der Waals surface area contributed by atoms with Gasteiger partial charge in [0.05, 0.1) is 22.1 Å². The van der Waals surface area contributed by atoms with Crippen LogP contribution < -0.4 is 0 Å². The molecule has 2 aromatic heterocycles. The summed E-state index contributed by atoms with van der Waals surface area (Å²) < 4.78 is 5.88. The summed E-state index contributed by atoms with van der Waals surface area (Å²) in [5.74, 6) is 0. The second kappa shape index (κ2) is 7.09. The van der Waals surface area contributed by atoms with Gasteiger partial charge in [-0.15, -0.1) is 0 Å². The molecule has 0 spiro atoms. The van der Waals surface area contributed by atoms with Crippen molar-refractivity contribution in [2.45, 2.75) is 0 Å². The highest BCUT2D eigenvalue weighted by Gasteiger charge is 2.20. The molecular weight excluding hydrogens is 468 g/mol. The smallest absolute Gasteiger partial charge is 0.0641 e. The number of benzene rings is 5. The maximum Gasteiger partial charge on any atom is 0.0641 e. The Morgan fingerprint density at radius 3 is 1.79 bits per heavy atom. The first-order chi connectivity index (χ1) is 16.3. The molecule has 7 aromatic rings. The highest BCUT2D eigenvalue weighted by molar-refractivity contribution is 9.10. The van der Waals surface area contributed by atoms with Crippen LogP contribution in [0.3, 0.4) is 0 Å². The summed E-state index contributed by atoms with van der Waals surface area (Å²) >= 11 is 3.60. The largest absolute Gasteiger partial charge is 0.309 e. The first kappa shape index (κ1) is 18.7. The fraction of sp³-hybridized carbons (Fsp3) is 0. The number of aromatic nitrogens is 2. The Kier molecular flexibility index (Phi) is 4.02. The predicted molar refractivity (Wildman–Crippen MR) is 143 cm³/mol. The van der Waals surface area contributed by atoms with Crippen LogP contribution in [0.4, 0.5) is 0 Å². The normalized spacial score (nSPS) is 11.8. The van der Waals surface area contributed by atoms with Gasteiger partial charge in [-0.3, -0.25) is 0 Å². The Bertz CT molecular complexity index is 1810. The highest BCUT2D eigenvalue weighted by atomic mass is 79.9. The standard InChI is InChI=1S/C30H19BrN2/c31-20-14-16-22(17-15-20)33-26-12-6-4-10-23(26)24-18-19-28-29(30(24)33)25-11-5-7-13-27(25)32(28)21-8-2-1-3-9-21/h1-19H. The lowest BCUT2D eigenvalue weighted by Crippen LogP contribution is -1.95. The number of para-hydroxylation sites is 3. The Morgan fingerprint density at radius 2 is 1.03 bits per heavy atom. The lowest BCUT2D eigenvalue weighted by molar-refractivity contribution is 1.17. The van der Waals surface area contributed by atoms with Crippen LogP contribution in [-0.4, -0.2) is 9.13 Å². The molecule has 0 radical (unpaired) electrons. The topological polar surface area (TPSA) is 9.86 Å². The van der Waals surface area contributed by atoms with Crippen molar-refractivity contribution in [1.29, 1.82) is 0 Å². The third-order valence-electron chi connectivity index (χ3n) is 6.57. The van der Waals surface area contributed by atoms with Gasteiger partial charge in [0.2, 0.25) is 0 Å². The predicted octanol–water partition coefficient (Wildman–Crippen LogP) is 8.64. The zero-order valence-corrected chi connectivity index (χ0v) is 19.3. The minimum absolute atomic E-state index is 1.08. The van der Waals surface area contributed by atoms with Crippen LogP contribution in [0.25, 0.3) is 55.0 Å². The van der Waals surface area contributed by atoms with Gasteiger partial charge >= 0.3 is 0 Å². The third-order valence-corrected chi connectivity index (χ3v) is 7.10. The van der Waals surface area contributed by atoms with E-state index in [2.05, 4.69) is 140 Å². The molecule has 33 heavy (non-hydrogen) atoms. The fourth-order valence-electron chi connectivity index (χ4n) is 5.22. The number of fused-ring (bicyclic) bond motifs is 7. The minimum Gasteiger partial charge on any atom is -0.309 e. The highest BCUT2D eigenvalue weighted by Crippen LogP contribution is 2.41. The summed E-state index contributed by atoms with van der Waals surface area (Å²) in [5, 5.41) is 5.10. The summed E-state index contributed by atoms with van der Waals surface area (Å²) in [4.78, 5) is 0. The Morgan fingerprint density at radius 1 is 0.424 bits per heavy atom. The van der Waals surface area contributed by atoms with Gasteiger partial charge in [0.1, 0.15) is 0 Å². The van der Waals surface area contributed by atoms with Crippen molar-refractivity contribution in [1.82, 2.24) is 9.13 Å². The van der Waals surface area contributed by atoms with E-state index < -0.39 is 0 Å². The van der Waals surface area contributed by atoms with Gasteiger partial charge in [0.25, 0.3) is 0 Å². The summed E-state index contributed by atoms with van der Waals surface area (Å²) in [6.45, 7) is 0. The van der Waals surface area contributed by atoms with Gasteiger partial charge < -0.3 is 9.13 Å². The molecule has 0 aliphatic heterocycles. The first-order valence-electron chi connectivity index (χ1n) is 11.1. The average molecular weight is 487 g/mol. The summed E-state index contributed by atoms with van der Waals surface area (Å²) in [7, 11) is 0. The molecule has 0 bridgehead atoms. The monoisotopic (exact) mass is 486 g/mol. The lowest BCUT2D eigenvalue weighted by atomic mass is 10.1. The van der Waals surface area contributed by atoms with E-state index in [0.29, 0.717) is 0 Å². The van der Waals surface area contributed by atoms with E-state index in [4.69, 9.17) is 0 Å². The zero-order chi connectivity index (χ0) is 21.9. The van der Waals surface area contributed by atoms with Crippen LogP contribution in [-0.2, 0) is 0 Å². The van der Waals surface area contributed by atoms with Gasteiger partial charge in [-0.1, -0.05) is 76.6 Å². The molecule has 0 amide bonds. The number of rotatable bonds is 2. The first-order valence-corrected chi connectivity index (χ1v) is 11.9. The Balaban J connectivity index is 1.75. The second-order valence-corrected chi connectivity index (χ2v) is 9.29. The van der Waals surface area contributed by atoms with Gasteiger partial charge in [0.15, 0.2) is 0 Å². The van der Waals surface area contributed by atoms with Crippen molar-refractivity contribution < 1.29 is 0 Å². The average Bonchev–Trinajstić information content (AvgIpc) is 3.38. The molecule has 0 saturated carbocycles. The molecule has 0 N–H and O–H groups in total. The molecule has 0 fully saturated rings. The molecule has 0 aliphatic carbocycles. The van der Waals surface area contributed by atoms with E-state index in [9.17, 15) is 0 Å². The third kappa shape index (κ3) is 2.66. The Hall–Kier alpha value is -3.82. The van der Waals surface area contributed by atoms with Crippen molar-refractivity contribution in [3.8, 4) is 11.4 Å². The number of hydrogen-bond acceptors (Lipinski definition) is 0. The summed E-state index contributed by atoms with van der Waals surface area (Å²) in [5.41, 5.74) is 7.25. The lowest BCUT2D eigenvalue weighted by Gasteiger charge is -2.10. The molecule has 2 heterocycles. The number of halogens is 1. The van der Waals surface area contributed by atoms with Crippen molar-refractivity contribution in [2.24, 2.45) is 0 Å². The van der Waals surface area contributed by atoms with Crippen LogP contribution in [0, 0.1) is 0 Å². The molecule has 156 valence electrons. The van der Waals surface area contributed by atoms with E-state index in [1.807, 2.05) is 0 Å². The van der Waals surface area contributed by atoms with E-state index >= 15 is 0 Å². The fourth-order valence-corrected chi connectivity index (χ4v) is 5.49. The molecule has 0 atom stereocenters. The number of nitrogens with zero attached hydrogens (tertiary/aromatic N) is 2. The molecule has 0 aliphatic rings. The molecule has 0 saturated heterocycles. The van der Waals surface area contributed by atoms with Gasteiger partial charge in [-0.25, -0.2) is 0 Å². The van der Waals surface area contributed by atoms with Crippen molar-refractivity contribution in [2.75, 3.05) is 0 Å². The van der Waals surface area contributed by atoms with Crippen molar-refractivity contribution in [3.05, 3.63) is 120 Å². The zero-order valence-electron chi connectivity index (χ0n) is 17.7. The van der Waals surface area contributed by atoms with Crippen LogP contribution in [0.15, 0.2) is 120 Å². The SMILES string of the molecule is Brc1ccc(-n2c3ccccc3c3ccc4c(c5ccccc5n4-c4ccccc4)c32)cc1. The molecule has 0 unspecified atom stereocenters. The number of hydrogen-bond donors (Lipinski definition) is 0. The maximum atomic E-state index is 3.60. The quantitative estimate of drug-likeness (QED) is 0.231. The van der Waals surface area contributed by atoms with E-state index in [-0.39, 0.29) is 0 Å². The van der Waals surface area contributed by atoms with Crippen molar-refractivity contribution in [3.63, 3.8) is 0 Å². The van der Waals surface area contributed by atoms with E-state index in [1.54, 1.807) is 0 Å². The van der Waals surface area contributed by atoms with Gasteiger partial charge in [0, 0.05) is 37.4 Å².